The van der Waals surface area contributed by atoms with E-state index in [9.17, 15) is 23.1 Å². The van der Waals surface area contributed by atoms with Gasteiger partial charge in [0, 0.05) is 13.1 Å². The van der Waals surface area contributed by atoms with Crippen LogP contribution in [0.15, 0.2) is 10.5 Å². The summed E-state index contributed by atoms with van der Waals surface area (Å²) in [5.74, 6) is -1.91. The van der Waals surface area contributed by atoms with Crippen molar-refractivity contribution in [3.05, 3.63) is 23.2 Å². The van der Waals surface area contributed by atoms with E-state index in [-0.39, 0.29) is 17.7 Å². The molecule has 1 atom stereocenters. The number of furan rings is 1. The first kappa shape index (κ1) is 16.9. The normalized spacial score (nSPS) is 22.5. The van der Waals surface area contributed by atoms with Gasteiger partial charge in [-0.05, 0) is 31.2 Å². The zero-order valence-electron chi connectivity index (χ0n) is 12.8. The zero-order valence-corrected chi connectivity index (χ0v) is 12.8. The molecule has 22 heavy (non-hydrogen) atoms. The molecule has 0 aliphatic carbocycles. The van der Waals surface area contributed by atoms with Crippen LogP contribution in [0.3, 0.4) is 0 Å². The number of carbonyl (C=O) groups excluding carboxylic acids is 1. The Balaban J connectivity index is 2.32. The second-order valence-corrected chi connectivity index (χ2v) is 6.64. The third-order valence-electron chi connectivity index (χ3n) is 3.77. The molecule has 4 nitrogen and oxygen atoms in total. The second-order valence-electron chi connectivity index (χ2n) is 6.64. The number of aliphatic hydroxyl groups is 1. The van der Waals surface area contributed by atoms with Gasteiger partial charge in [0.05, 0.1) is 11.7 Å². The average molecular weight is 319 g/mol. The number of halogens is 3. The van der Waals surface area contributed by atoms with Gasteiger partial charge in [0.1, 0.15) is 5.76 Å². The number of rotatable bonds is 1. The summed E-state index contributed by atoms with van der Waals surface area (Å²) in [6.45, 7) is 5.66. The highest BCUT2D eigenvalue weighted by Gasteiger charge is 2.42. The molecule has 1 aliphatic rings. The summed E-state index contributed by atoms with van der Waals surface area (Å²) in [5, 5.41) is 9.85. The topological polar surface area (TPSA) is 53.7 Å². The number of aryl methyl sites for hydroxylation is 1. The van der Waals surface area contributed by atoms with Crippen molar-refractivity contribution in [1.29, 1.82) is 0 Å². The Labute approximate surface area is 126 Å². The SMILES string of the molecule is Cc1cc(C(=O)N2CCC(O)CC(C)(C)C2)c(C(F)(F)F)o1. The number of likely N-dealkylation sites (tertiary alicyclic amines) is 1. The van der Waals surface area contributed by atoms with E-state index in [4.69, 9.17) is 0 Å². The minimum absolute atomic E-state index is 0.0461. The van der Waals surface area contributed by atoms with Crippen LogP contribution in [0.4, 0.5) is 13.2 Å². The van der Waals surface area contributed by atoms with E-state index < -0.39 is 29.5 Å². The van der Waals surface area contributed by atoms with Gasteiger partial charge < -0.3 is 14.4 Å². The lowest BCUT2D eigenvalue weighted by molar-refractivity contribution is -0.153. The van der Waals surface area contributed by atoms with Crippen molar-refractivity contribution in [3.63, 3.8) is 0 Å². The van der Waals surface area contributed by atoms with Crippen molar-refractivity contribution >= 4 is 5.91 Å². The predicted molar refractivity (Wildman–Crippen MR) is 73.4 cm³/mol. The molecule has 1 amide bonds. The van der Waals surface area contributed by atoms with E-state index in [0.29, 0.717) is 19.4 Å². The first-order valence-electron chi connectivity index (χ1n) is 7.14. The van der Waals surface area contributed by atoms with Gasteiger partial charge in [0.25, 0.3) is 5.91 Å². The first-order chi connectivity index (χ1) is 9.99. The summed E-state index contributed by atoms with van der Waals surface area (Å²) < 4.78 is 43.6. The Morgan fingerprint density at radius 1 is 1.45 bits per heavy atom. The number of alkyl halides is 3. The first-order valence-corrected chi connectivity index (χ1v) is 7.14. The van der Waals surface area contributed by atoms with Gasteiger partial charge >= 0.3 is 6.18 Å². The number of nitrogens with zero attached hydrogens (tertiary/aromatic N) is 1. The van der Waals surface area contributed by atoms with E-state index in [0.717, 1.165) is 6.07 Å². The molecule has 1 aromatic rings. The molecule has 1 saturated heterocycles. The minimum Gasteiger partial charge on any atom is -0.456 e. The molecule has 2 heterocycles. The van der Waals surface area contributed by atoms with E-state index >= 15 is 0 Å². The molecule has 0 aromatic carbocycles. The molecule has 1 fully saturated rings. The summed E-state index contributed by atoms with van der Waals surface area (Å²) in [6.07, 6.45) is -4.40. The van der Waals surface area contributed by atoms with Crippen LogP contribution in [0.2, 0.25) is 0 Å². The minimum atomic E-state index is -4.71. The van der Waals surface area contributed by atoms with Gasteiger partial charge in [0.15, 0.2) is 0 Å². The molecule has 1 aromatic heterocycles. The van der Waals surface area contributed by atoms with Crippen LogP contribution in [-0.2, 0) is 6.18 Å². The molecule has 0 radical (unpaired) electrons. The molecule has 0 saturated carbocycles. The summed E-state index contributed by atoms with van der Waals surface area (Å²) in [4.78, 5) is 13.9. The molecule has 0 bridgehead atoms. The second kappa shape index (κ2) is 5.61. The number of amides is 1. The summed E-state index contributed by atoms with van der Waals surface area (Å²) in [7, 11) is 0. The lowest BCUT2D eigenvalue weighted by Crippen LogP contribution is -2.38. The van der Waals surface area contributed by atoms with Gasteiger partial charge in [-0.25, -0.2) is 0 Å². The highest BCUT2D eigenvalue weighted by molar-refractivity contribution is 5.95. The van der Waals surface area contributed by atoms with Crippen molar-refractivity contribution in [1.82, 2.24) is 4.90 Å². The Morgan fingerprint density at radius 2 is 2.09 bits per heavy atom. The lowest BCUT2D eigenvalue weighted by atomic mass is 9.87. The molecule has 124 valence electrons. The van der Waals surface area contributed by atoms with Gasteiger partial charge in [-0.1, -0.05) is 13.8 Å². The quantitative estimate of drug-likeness (QED) is 0.864. The number of carbonyl (C=O) groups is 1. The fourth-order valence-electron chi connectivity index (χ4n) is 2.93. The van der Waals surface area contributed by atoms with E-state index in [1.54, 1.807) is 0 Å². The van der Waals surface area contributed by atoms with E-state index in [1.165, 1.54) is 11.8 Å². The van der Waals surface area contributed by atoms with Crippen LogP contribution >= 0.6 is 0 Å². The largest absolute Gasteiger partial charge is 0.456 e. The van der Waals surface area contributed by atoms with Crippen molar-refractivity contribution in [2.24, 2.45) is 5.41 Å². The maximum absolute atomic E-state index is 13.0. The van der Waals surface area contributed by atoms with Gasteiger partial charge in [-0.15, -0.1) is 0 Å². The Bertz CT molecular complexity index is 563. The van der Waals surface area contributed by atoms with Crippen molar-refractivity contribution < 1.29 is 27.5 Å². The van der Waals surface area contributed by atoms with E-state index in [2.05, 4.69) is 4.42 Å². The fourth-order valence-corrected chi connectivity index (χ4v) is 2.93. The standard InChI is InChI=1S/C15H20F3NO3/c1-9-6-11(12(22-9)15(16,17)18)13(21)19-5-4-10(20)7-14(2,3)8-19/h6,10,20H,4-5,7-8H2,1-3H3. The highest BCUT2D eigenvalue weighted by Crippen LogP contribution is 2.36. The van der Waals surface area contributed by atoms with E-state index in [1.807, 2.05) is 13.8 Å². The van der Waals surface area contributed by atoms with Crippen LogP contribution in [0.1, 0.15) is 48.6 Å². The van der Waals surface area contributed by atoms with Gasteiger partial charge in [0.2, 0.25) is 5.76 Å². The third-order valence-corrected chi connectivity index (χ3v) is 3.77. The molecule has 7 heteroatoms. The third kappa shape index (κ3) is 3.63. The van der Waals surface area contributed by atoms with Gasteiger partial charge in [-0.2, -0.15) is 13.2 Å². The van der Waals surface area contributed by atoms with Crippen LogP contribution in [0, 0.1) is 12.3 Å². The molecular formula is C15H20F3NO3. The van der Waals surface area contributed by atoms with Crippen LogP contribution in [0.25, 0.3) is 0 Å². The summed E-state index contributed by atoms with van der Waals surface area (Å²) in [5.41, 5.74) is -0.819. The molecule has 1 unspecified atom stereocenters. The Morgan fingerprint density at radius 3 is 2.68 bits per heavy atom. The molecule has 1 N–H and O–H groups in total. The van der Waals surface area contributed by atoms with Crippen LogP contribution in [0.5, 0.6) is 0 Å². The average Bonchev–Trinajstić information content (AvgIpc) is 2.68. The van der Waals surface area contributed by atoms with Crippen LogP contribution in [-0.4, -0.2) is 35.1 Å². The highest BCUT2D eigenvalue weighted by atomic mass is 19.4. The monoisotopic (exact) mass is 319 g/mol. The molecular weight excluding hydrogens is 299 g/mol. The maximum atomic E-state index is 13.0. The predicted octanol–water partition coefficient (Wildman–Crippen LogP) is 3.23. The summed E-state index contributed by atoms with van der Waals surface area (Å²) in [6, 6.07) is 1.12. The van der Waals surface area contributed by atoms with Crippen molar-refractivity contribution in [2.75, 3.05) is 13.1 Å². The fraction of sp³-hybridized carbons (Fsp3) is 0.667. The number of hydrogen-bond donors (Lipinski definition) is 1. The molecule has 2 rings (SSSR count). The zero-order chi connectivity index (χ0) is 16.7. The number of hydrogen-bond acceptors (Lipinski definition) is 3. The Hall–Kier alpha value is -1.50. The number of aliphatic hydroxyl groups excluding tert-OH is 1. The van der Waals surface area contributed by atoms with Gasteiger partial charge in [-0.3, -0.25) is 4.79 Å². The lowest BCUT2D eigenvalue weighted by Gasteiger charge is -2.29. The van der Waals surface area contributed by atoms with Crippen LogP contribution < -0.4 is 0 Å². The maximum Gasteiger partial charge on any atom is 0.450 e. The van der Waals surface area contributed by atoms with Crippen molar-refractivity contribution in [3.8, 4) is 0 Å². The molecule has 1 aliphatic heterocycles. The molecule has 0 spiro atoms. The smallest absolute Gasteiger partial charge is 0.450 e. The summed E-state index contributed by atoms with van der Waals surface area (Å²) >= 11 is 0. The van der Waals surface area contributed by atoms with Crippen molar-refractivity contribution in [2.45, 2.75) is 45.9 Å². The Kier molecular flexibility index (Phi) is 4.30.